The van der Waals surface area contributed by atoms with Gasteiger partial charge in [0.2, 0.25) is 0 Å². The highest BCUT2D eigenvalue weighted by atomic mass is 16.3. The fraction of sp³-hybridized carbons (Fsp3) is 0.0667. The van der Waals surface area contributed by atoms with Gasteiger partial charge in [0.15, 0.2) is 0 Å². The summed E-state index contributed by atoms with van der Waals surface area (Å²) >= 11 is 0. The molecule has 232 valence electrons. The maximum atomic E-state index is 6.20. The lowest BCUT2D eigenvalue weighted by atomic mass is 9.83. The molecule has 4 heteroatoms. The number of aromatic nitrogens is 1. The van der Waals surface area contributed by atoms with Crippen LogP contribution in [0.25, 0.3) is 76.8 Å². The molecule has 1 aliphatic heterocycles. The van der Waals surface area contributed by atoms with E-state index in [1.807, 2.05) is 18.2 Å². The van der Waals surface area contributed by atoms with Crippen molar-refractivity contribution in [1.82, 2.24) is 4.57 Å². The predicted molar refractivity (Wildman–Crippen MR) is 201 cm³/mol. The lowest BCUT2D eigenvalue weighted by Gasteiger charge is -2.35. The molecule has 3 aromatic heterocycles. The van der Waals surface area contributed by atoms with E-state index in [0.717, 1.165) is 44.9 Å². The van der Waals surface area contributed by atoms with Crippen LogP contribution in [-0.2, 0) is 0 Å². The van der Waals surface area contributed by atoms with Crippen LogP contribution in [0.1, 0.15) is 29.6 Å². The summed E-state index contributed by atoms with van der Waals surface area (Å²) in [6.07, 6.45) is 0.969. The standard InChI is InChI=1S/C45H30N2O2/c1-5-13-38-30(9-1)34(29-19-22-44-37(25-29)33-12-4-8-16-42(33)49-44)26-45(46-38)47-39-14-6-2-10-31(39)35-23-27(17-20-40(35)47)28-18-21-43-36(24-28)32-11-3-7-15-41(32)48-43/h1-25,34,45-46H,26H2. The van der Waals surface area contributed by atoms with Crippen molar-refractivity contribution in [2.75, 3.05) is 5.32 Å². The largest absolute Gasteiger partial charge is 0.456 e. The van der Waals surface area contributed by atoms with Gasteiger partial charge in [-0.3, -0.25) is 0 Å². The Morgan fingerprint density at radius 3 is 1.84 bits per heavy atom. The maximum Gasteiger partial charge on any atom is 0.135 e. The van der Waals surface area contributed by atoms with Gasteiger partial charge in [0.05, 0.1) is 11.0 Å². The van der Waals surface area contributed by atoms with Crippen LogP contribution >= 0.6 is 0 Å². The van der Waals surface area contributed by atoms with Gasteiger partial charge in [-0.05, 0) is 89.3 Å². The van der Waals surface area contributed by atoms with Crippen LogP contribution in [0.15, 0.2) is 160 Å². The lowest BCUT2D eigenvalue weighted by molar-refractivity contribution is 0.497. The highest BCUT2D eigenvalue weighted by molar-refractivity contribution is 6.11. The summed E-state index contributed by atoms with van der Waals surface area (Å²) in [6, 6.07) is 54.5. The molecule has 11 rings (SSSR count). The molecule has 2 unspecified atom stereocenters. The minimum Gasteiger partial charge on any atom is -0.456 e. The summed E-state index contributed by atoms with van der Waals surface area (Å²) in [5, 5.41) is 11.1. The summed E-state index contributed by atoms with van der Waals surface area (Å²) in [5.74, 6) is 0.215. The Hall–Kier alpha value is -6.26. The molecule has 4 nitrogen and oxygen atoms in total. The van der Waals surface area contributed by atoms with Crippen molar-refractivity contribution in [2.24, 2.45) is 0 Å². The number of hydrogen-bond acceptors (Lipinski definition) is 3. The third-order valence-electron chi connectivity index (χ3n) is 10.7. The van der Waals surface area contributed by atoms with Gasteiger partial charge >= 0.3 is 0 Å². The molecule has 0 bridgehead atoms. The van der Waals surface area contributed by atoms with Gasteiger partial charge in [-0.15, -0.1) is 0 Å². The Kier molecular flexibility index (Phi) is 5.53. The van der Waals surface area contributed by atoms with Gasteiger partial charge < -0.3 is 18.7 Å². The second-order valence-corrected chi connectivity index (χ2v) is 13.3. The summed E-state index contributed by atoms with van der Waals surface area (Å²) in [6.45, 7) is 0. The van der Waals surface area contributed by atoms with Gasteiger partial charge in [-0.25, -0.2) is 0 Å². The molecule has 0 spiro atoms. The Labute approximate surface area is 281 Å². The van der Waals surface area contributed by atoms with Crippen molar-refractivity contribution < 1.29 is 8.83 Å². The van der Waals surface area contributed by atoms with E-state index < -0.39 is 0 Å². The molecule has 2 atom stereocenters. The first kappa shape index (κ1) is 26.8. The third kappa shape index (κ3) is 3.98. The predicted octanol–water partition coefficient (Wildman–Crippen LogP) is 12.4. The normalized spacial score (nSPS) is 16.2. The van der Waals surface area contributed by atoms with Gasteiger partial charge in [-0.2, -0.15) is 0 Å². The van der Waals surface area contributed by atoms with Crippen LogP contribution in [-0.4, -0.2) is 4.57 Å². The fourth-order valence-corrected chi connectivity index (χ4v) is 8.39. The van der Waals surface area contributed by atoms with Crippen molar-refractivity contribution in [3.63, 3.8) is 0 Å². The van der Waals surface area contributed by atoms with Gasteiger partial charge in [0.25, 0.3) is 0 Å². The van der Waals surface area contributed by atoms with Crippen molar-refractivity contribution >= 4 is 71.4 Å². The van der Waals surface area contributed by atoms with Crippen LogP contribution in [0.2, 0.25) is 0 Å². The fourth-order valence-electron chi connectivity index (χ4n) is 8.39. The molecule has 7 aromatic carbocycles. The number of fused-ring (bicyclic) bond motifs is 10. The van der Waals surface area contributed by atoms with Crippen LogP contribution < -0.4 is 5.32 Å². The van der Waals surface area contributed by atoms with Crippen LogP contribution in [0.3, 0.4) is 0 Å². The van der Waals surface area contributed by atoms with Crippen molar-refractivity contribution in [1.29, 1.82) is 0 Å². The first-order valence-corrected chi connectivity index (χ1v) is 17.0. The number of nitrogens with one attached hydrogen (secondary N) is 1. The average molecular weight is 631 g/mol. The van der Waals surface area contributed by atoms with E-state index in [9.17, 15) is 0 Å². The molecule has 10 aromatic rings. The molecular formula is C45H30N2O2. The van der Waals surface area contributed by atoms with Crippen molar-refractivity contribution in [3.8, 4) is 11.1 Å². The van der Waals surface area contributed by atoms with E-state index in [-0.39, 0.29) is 12.1 Å². The number of para-hydroxylation sites is 4. The molecule has 1 N–H and O–H groups in total. The van der Waals surface area contributed by atoms with E-state index in [0.29, 0.717) is 0 Å². The van der Waals surface area contributed by atoms with Crippen molar-refractivity contribution in [2.45, 2.75) is 18.5 Å². The number of nitrogens with zero attached hydrogens (tertiary/aromatic N) is 1. The Bertz CT molecular complexity index is 2920. The molecule has 1 aliphatic rings. The van der Waals surface area contributed by atoms with Crippen LogP contribution in [0.5, 0.6) is 0 Å². The Balaban J connectivity index is 1.06. The van der Waals surface area contributed by atoms with Crippen molar-refractivity contribution in [3.05, 3.63) is 163 Å². The zero-order chi connectivity index (χ0) is 32.1. The Morgan fingerprint density at radius 1 is 0.469 bits per heavy atom. The second-order valence-electron chi connectivity index (χ2n) is 13.3. The molecule has 0 fully saturated rings. The van der Waals surface area contributed by atoms with Crippen LogP contribution in [0, 0.1) is 0 Å². The third-order valence-corrected chi connectivity index (χ3v) is 10.7. The monoisotopic (exact) mass is 630 g/mol. The first-order chi connectivity index (χ1) is 24.3. The van der Waals surface area contributed by atoms with E-state index in [2.05, 4.69) is 143 Å². The second kappa shape index (κ2) is 10.1. The number of rotatable bonds is 3. The van der Waals surface area contributed by atoms with Gasteiger partial charge in [-0.1, -0.05) is 91.0 Å². The average Bonchev–Trinajstić information content (AvgIpc) is 3.83. The number of hydrogen-bond donors (Lipinski definition) is 1. The van der Waals surface area contributed by atoms with Gasteiger partial charge in [0.1, 0.15) is 28.5 Å². The smallest absolute Gasteiger partial charge is 0.135 e. The summed E-state index contributed by atoms with van der Waals surface area (Å²) in [5.41, 5.74) is 12.4. The minimum absolute atomic E-state index is 0.0542. The number of furan rings is 2. The van der Waals surface area contributed by atoms with Crippen LogP contribution in [0.4, 0.5) is 5.69 Å². The maximum absolute atomic E-state index is 6.20. The molecule has 4 heterocycles. The van der Waals surface area contributed by atoms with E-state index in [1.165, 1.54) is 55.1 Å². The molecule has 0 amide bonds. The number of anilines is 1. The minimum atomic E-state index is 0.0542. The number of benzene rings is 7. The molecule has 0 aliphatic carbocycles. The van der Waals surface area contributed by atoms with E-state index >= 15 is 0 Å². The summed E-state index contributed by atoms with van der Waals surface area (Å²) < 4.78 is 14.8. The molecule has 0 radical (unpaired) electrons. The topological polar surface area (TPSA) is 43.2 Å². The summed E-state index contributed by atoms with van der Waals surface area (Å²) in [7, 11) is 0. The first-order valence-electron chi connectivity index (χ1n) is 17.0. The molecule has 0 saturated heterocycles. The zero-order valence-corrected chi connectivity index (χ0v) is 26.6. The zero-order valence-electron chi connectivity index (χ0n) is 26.6. The molecular weight excluding hydrogens is 601 g/mol. The Morgan fingerprint density at radius 2 is 1.04 bits per heavy atom. The SMILES string of the molecule is c1ccc2c(c1)NC(n1c3ccccc3c3cc(-c4ccc5oc6ccccc6c5c4)ccc31)CC2c1ccc2oc3ccccc3c2c1. The van der Waals surface area contributed by atoms with Gasteiger partial charge in [0, 0.05) is 43.9 Å². The molecule has 0 saturated carbocycles. The van der Waals surface area contributed by atoms with E-state index in [4.69, 9.17) is 8.83 Å². The quantitative estimate of drug-likeness (QED) is 0.211. The highest BCUT2D eigenvalue weighted by Crippen LogP contribution is 2.46. The molecule has 49 heavy (non-hydrogen) atoms. The lowest BCUT2D eigenvalue weighted by Crippen LogP contribution is -2.26. The highest BCUT2D eigenvalue weighted by Gasteiger charge is 2.31. The summed E-state index contributed by atoms with van der Waals surface area (Å²) in [4.78, 5) is 0. The van der Waals surface area contributed by atoms with E-state index in [1.54, 1.807) is 0 Å².